The Kier molecular flexibility index (Phi) is 5.07. The number of aryl methyl sites for hydroxylation is 1. The molecule has 2 heterocycles. The lowest BCUT2D eigenvalue weighted by atomic mass is 10.00. The van der Waals surface area contributed by atoms with Crippen LogP contribution in [-0.2, 0) is 6.42 Å². The fourth-order valence-corrected chi connectivity index (χ4v) is 3.64. The molecule has 2 aromatic carbocycles. The summed E-state index contributed by atoms with van der Waals surface area (Å²) in [6.45, 7) is 3.40. The van der Waals surface area contributed by atoms with Gasteiger partial charge in [0, 0.05) is 28.0 Å². The molecule has 0 radical (unpaired) electrons. The summed E-state index contributed by atoms with van der Waals surface area (Å²) in [4.78, 5) is 8.26. The lowest BCUT2D eigenvalue weighted by molar-refractivity contribution is 0.340. The van der Waals surface area contributed by atoms with Crippen LogP contribution in [0.2, 0.25) is 0 Å². The highest BCUT2D eigenvalue weighted by atomic mass is 16.5. The quantitative estimate of drug-likeness (QED) is 0.453. The fourth-order valence-electron chi connectivity index (χ4n) is 3.64. The van der Waals surface area contributed by atoms with E-state index in [0.717, 1.165) is 59.2 Å². The highest BCUT2D eigenvalue weighted by molar-refractivity contribution is 5.93. The molecule has 4 heteroatoms. The molecule has 0 amide bonds. The number of hydrogen-bond acceptors (Lipinski definition) is 3. The van der Waals surface area contributed by atoms with Crippen LogP contribution in [0.15, 0.2) is 54.7 Å². The number of nitrogens with one attached hydrogen (secondary N) is 1. The number of hydrogen-bond donors (Lipinski definition) is 2. The van der Waals surface area contributed by atoms with E-state index >= 15 is 0 Å². The van der Waals surface area contributed by atoms with E-state index in [2.05, 4.69) is 40.3 Å². The van der Waals surface area contributed by atoms with Crippen molar-refractivity contribution in [1.82, 2.24) is 9.97 Å². The summed E-state index contributed by atoms with van der Waals surface area (Å²) in [7, 11) is 0. The van der Waals surface area contributed by atoms with Crippen molar-refractivity contribution in [2.75, 3.05) is 13.2 Å². The second-order valence-electron chi connectivity index (χ2n) is 6.78. The number of fused-ring (bicyclic) bond motifs is 2. The van der Waals surface area contributed by atoms with Crippen molar-refractivity contribution in [3.63, 3.8) is 0 Å². The molecule has 0 unspecified atom stereocenters. The van der Waals surface area contributed by atoms with Gasteiger partial charge in [0.25, 0.3) is 0 Å². The van der Waals surface area contributed by atoms with Gasteiger partial charge in [-0.25, -0.2) is 0 Å². The second kappa shape index (κ2) is 7.80. The predicted molar refractivity (Wildman–Crippen MR) is 112 cm³/mol. The summed E-state index contributed by atoms with van der Waals surface area (Å²) >= 11 is 0. The molecule has 0 fully saturated rings. The van der Waals surface area contributed by atoms with Gasteiger partial charge in [0.15, 0.2) is 0 Å². The minimum Gasteiger partial charge on any atom is -0.494 e. The van der Waals surface area contributed by atoms with Crippen molar-refractivity contribution in [3.05, 3.63) is 60.3 Å². The van der Waals surface area contributed by atoms with Crippen molar-refractivity contribution in [2.45, 2.75) is 26.2 Å². The Hall–Kier alpha value is -2.85. The number of para-hydroxylation sites is 1. The van der Waals surface area contributed by atoms with Gasteiger partial charge < -0.3 is 15.5 Å². The number of nitrogens with two attached hydrogens (primary N) is 1. The molecule has 4 rings (SSSR count). The summed E-state index contributed by atoms with van der Waals surface area (Å²) in [6, 6.07) is 16.7. The Morgan fingerprint density at radius 2 is 1.96 bits per heavy atom. The van der Waals surface area contributed by atoms with Gasteiger partial charge in [-0.15, -0.1) is 0 Å². The lowest BCUT2D eigenvalue weighted by Crippen LogP contribution is -1.99. The maximum atomic E-state index is 5.72. The van der Waals surface area contributed by atoms with E-state index in [9.17, 15) is 0 Å². The lowest BCUT2D eigenvalue weighted by Gasteiger charge is -2.07. The first-order valence-corrected chi connectivity index (χ1v) is 9.62. The van der Waals surface area contributed by atoms with Crippen molar-refractivity contribution in [1.29, 1.82) is 0 Å². The smallest absolute Gasteiger partial charge is 0.120 e. The largest absolute Gasteiger partial charge is 0.494 e. The number of nitrogens with zero attached hydrogens (tertiary/aromatic N) is 1. The molecule has 27 heavy (non-hydrogen) atoms. The molecule has 0 aliphatic rings. The van der Waals surface area contributed by atoms with Crippen molar-refractivity contribution < 1.29 is 4.74 Å². The van der Waals surface area contributed by atoms with Crippen molar-refractivity contribution in [2.24, 2.45) is 5.73 Å². The monoisotopic (exact) mass is 359 g/mol. The summed E-state index contributed by atoms with van der Waals surface area (Å²) < 4.78 is 5.72. The Balaban J connectivity index is 1.84. The zero-order valence-electron chi connectivity index (χ0n) is 15.7. The third-order valence-electron chi connectivity index (χ3n) is 4.95. The number of benzene rings is 2. The molecule has 0 atom stereocenters. The Labute approximate surface area is 159 Å². The highest BCUT2D eigenvalue weighted by Crippen LogP contribution is 2.34. The third kappa shape index (κ3) is 3.53. The molecule has 3 N–H and O–H groups in total. The van der Waals surface area contributed by atoms with Gasteiger partial charge in [0.05, 0.1) is 17.8 Å². The Bertz CT molecular complexity index is 1070. The first kappa shape index (κ1) is 17.6. The summed E-state index contributed by atoms with van der Waals surface area (Å²) in [6.07, 6.45) is 5.03. The molecule has 4 aromatic rings. The predicted octanol–water partition coefficient (Wildman–Crippen LogP) is 5.06. The van der Waals surface area contributed by atoms with Crippen LogP contribution < -0.4 is 10.5 Å². The summed E-state index contributed by atoms with van der Waals surface area (Å²) in [5, 5.41) is 2.37. The number of rotatable bonds is 7. The molecule has 2 aromatic heterocycles. The summed E-state index contributed by atoms with van der Waals surface area (Å²) in [5.41, 5.74) is 11.4. The van der Waals surface area contributed by atoms with Gasteiger partial charge in [-0.05, 0) is 68.6 Å². The maximum Gasteiger partial charge on any atom is 0.120 e. The topological polar surface area (TPSA) is 63.9 Å². The van der Waals surface area contributed by atoms with Gasteiger partial charge >= 0.3 is 0 Å². The molecular weight excluding hydrogens is 334 g/mol. The second-order valence-corrected chi connectivity index (χ2v) is 6.78. The molecule has 0 spiro atoms. The molecular formula is C23H25N3O. The number of ether oxygens (including phenoxy) is 1. The van der Waals surface area contributed by atoms with Crippen LogP contribution in [0.1, 0.15) is 25.3 Å². The molecule has 0 aliphatic heterocycles. The van der Waals surface area contributed by atoms with Crippen LogP contribution in [0.3, 0.4) is 0 Å². The Morgan fingerprint density at radius 3 is 2.81 bits per heavy atom. The highest BCUT2D eigenvalue weighted by Gasteiger charge is 2.14. The van der Waals surface area contributed by atoms with E-state index in [0.29, 0.717) is 6.61 Å². The normalized spacial score (nSPS) is 11.3. The van der Waals surface area contributed by atoms with E-state index < -0.39 is 0 Å². The van der Waals surface area contributed by atoms with Gasteiger partial charge in [0.1, 0.15) is 5.75 Å². The summed E-state index contributed by atoms with van der Waals surface area (Å²) in [5.74, 6) is 0.910. The number of H-pyrrole nitrogens is 1. The van der Waals surface area contributed by atoms with Crippen molar-refractivity contribution in [3.8, 4) is 17.0 Å². The van der Waals surface area contributed by atoms with E-state index in [-0.39, 0.29) is 0 Å². The first-order valence-electron chi connectivity index (χ1n) is 9.62. The zero-order chi connectivity index (χ0) is 18.6. The fraction of sp³-hybridized carbons (Fsp3) is 0.261. The van der Waals surface area contributed by atoms with E-state index in [1.165, 1.54) is 10.9 Å². The minimum absolute atomic E-state index is 0.667. The van der Waals surface area contributed by atoms with E-state index in [1.54, 1.807) is 0 Å². The average Bonchev–Trinajstić information content (AvgIpc) is 3.06. The first-order chi connectivity index (χ1) is 13.3. The molecule has 0 saturated carbocycles. The maximum absolute atomic E-state index is 5.72. The minimum atomic E-state index is 0.667. The van der Waals surface area contributed by atoms with Gasteiger partial charge in [-0.1, -0.05) is 18.2 Å². The van der Waals surface area contributed by atoms with Gasteiger partial charge in [0.2, 0.25) is 0 Å². The van der Waals surface area contributed by atoms with Crippen molar-refractivity contribution >= 4 is 21.8 Å². The SMILES string of the molecule is CCOc1ccc2[nH]c(-c3cnc4ccccc4c3)c(CCCCN)c2c1. The van der Waals surface area contributed by atoms with Crippen LogP contribution in [0.5, 0.6) is 5.75 Å². The van der Waals surface area contributed by atoms with Crippen LogP contribution in [-0.4, -0.2) is 23.1 Å². The molecule has 0 saturated heterocycles. The molecule has 0 bridgehead atoms. The molecule has 0 aliphatic carbocycles. The van der Waals surface area contributed by atoms with E-state index in [4.69, 9.17) is 10.5 Å². The molecule has 4 nitrogen and oxygen atoms in total. The zero-order valence-corrected chi connectivity index (χ0v) is 15.7. The standard InChI is InChI=1S/C23H25N3O/c1-2-27-18-10-11-22-20(14-18)19(8-5-6-12-24)23(26-22)17-13-16-7-3-4-9-21(16)25-15-17/h3-4,7,9-11,13-15,26H,2,5-6,8,12,24H2,1H3. The third-order valence-corrected chi connectivity index (χ3v) is 4.95. The average molecular weight is 359 g/mol. The van der Waals surface area contributed by atoms with Crippen LogP contribution >= 0.6 is 0 Å². The number of pyridine rings is 1. The van der Waals surface area contributed by atoms with Crippen LogP contribution in [0.4, 0.5) is 0 Å². The Morgan fingerprint density at radius 1 is 1.07 bits per heavy atom. The molecule has 138 valence electrons. The van der Waals surface area contributed by atoms with Crippen LogP contribution in [0, 0.1) is 0 Å². The van der Waals surface area contributed by atoms with Crippen LogP contribution in [0.25, 0.3) is 33.1 Å². The van der Waals surface area contributed by atoms with Gasteiger partial charge in [-0.3, -0.25) is 4.98 Å². The number of aromatic nitrogens is 2. The number of aromatic amines is 1. The van der Waals surface area contributed by atoms with E-state index in [1.807, 2.05) is 31.3 Å². The number of unbranched alkanes of at least 4 members (excludes halogenated alkanes) is 1. The van der Waals surface area contributed by atoms with Gasteiger partial charge in [-0.2, -0.15) is 0 Å².